The van der Waals surface area contributed by atoms with Crippen molar-refractivity contribution in [2.24, 2.45) is 16.2 Å². The normalized spacial score (nSPS) is 22.2. The molecule has 23 nitrogen and oxygen atoms in total. The SMILES string of the molecule is Cc1ncsc1-c1ccc(CNC(=O)[C@@H]2C[C@@H](O)CN2C(=O)[C@@H](NC(=O)C2(F)CC2)C(C)(C)C)c(OCC(=O)NCCCN2CC[C@@]3(CCN(CCC(=O)NCc4cccc(CNc5cc(N6CCC7(CC6)CN(c6cc(F)c(CN8CCC(C)(C)CC8)cc6F)CC(=O)N7)ncn5)c4)C3)C2)c1. The number of β-amino-alcohol motifs (C(OH)–C–C–N with tert-alkyl or cyclic N) is 1. The summed E-state index contributed by atoms with van der Waals surface area (Å²) < 4.78 is 52.4. The number of benzene rings is 3. The number of piperazine rings is 1. The van der Waals surface area contributed by atoms with Crippen LogP contribution >= 0.6 is 11.3 Å². The van der Waals surface area contributed by atoms with Gasteiger partial charge in [0.25, 0.3) is 11.8 Å². The van der Waals surface area contributed by atoms with Crippen molar-refractivity contribution in [3.8, 4) is 16.2 Å². The first-order valence-electron chi connectivity index (χ1n) is 36.2. The van der Waals surface area contributed by atoms with Crippen LogP contribution in [0.2, 0.25) is 0 Å². The highest BCUT2D eigenvalue weighted by molar-refractivity contribution is 7.13. The van der Waals surface area contributed by atoms with Gasteiger partial charge in [-0.3, -0.25) is 33.7 Å². The van der Waals surface area contributed by atoms with Gasteiger partial charge in [-0.15, -0.1) is 11.3 Å². The van der Waals surface area contributed by atoms with E-state index in [2.05, 4.69) is 86.4 Å². The number of nitrogens with one attached hydrogen (secondary N) is 6. The molecule has 5 aromatic rings. The lowest BCUT2D eigenvalue weighted by Gasteiger charge is -2.48. The molecule has 0 bridgehead atoms. The number of rotatable bonds is 26. The van der Waals surface area contributed by atoms with Crippen molar-refractivity contribution in [1.29, 1.82) is 0 Å². The molecule has 7 N–H and O–H groups in total. The first-order chi connectivity index (χ1) is 48.7. The highest BCUT2D eigenvalue weighted by Gasteiger charge is 2.54. The lowest BCUT2D eigenvalue weighted by atomic mass is 9.82. The molecule has 0 radical (unpaired) electrons. The molecule has 1 saturated carbocycles. The molecule has 6 amide bonds. The van der Waals surface area contributed by atoms with Gasteiger partial charge < -0.3 is 66.2 Å². The summed E-state index contributed by atoms with van der Waals surface area (Å²) in [6.45, 7) is 21.4. The average Bonchev–Trinajstić information content (AvgIpc) is 1.58. The average molecular weight is 1430 g/mol. The standard InChI is InChI=1S/C75H100F3N15O8S/c1-49-66(102-48-85-49)52-11-12-53(39-82-68(98)59-34-55(94)41-93(59)69(99)67(71(2,3)4)86-70(100)75(78)14-15-75)60(33-52)101-43-65(97)79-22-8-23-89-27-18-73(44-89)19-28-90(45-73)24-13-63(95)81-38-51-10-7-9-50(31-51)37-80-61-36-62(84-47-83-61)91-29-20-74(21-30-91)46-92(42-64(96)87-74)58-35-56(76)54(32-57(58)77)40-88-25-16-72(5,6)17-26-88/h7,9-12,31-33,35-36,47-48,55,59,67,94H,8,13-30,34,37-46H2,1-6H3,(H,79,97)(H,81,95)(H,82,98)(H,86,100)(H,87,96)(H,80,83,84)/t55-,59+,67-,73-/m1/s1. The number of nitrogens with zero attached hydrogens (tertiary/aromatic N) is 9. The van der Waals surface area contributed by atoms with Gasteiger partial charge >= 0.3 is 0 Å². The number of ether oxygens (including phenoxy) is 1. The van der Waals surface area contributed by atoms with Gasteiger partial charge in [-0.1, -0.05) is 71.0 Å². The number of piperidine rings is 2. The predicted molar refractivity (Wildman–Crippen MR) is 384 cm³/mol. The zero-order valence-electron chi connectivity index (χ0n) is 59.7. The number of likely N-dealkylation sites (tertiary alicyclic amines) is 4. The van der Waals surface area contributed by atoms with E-state index in [0.717, 1.165) is 111 Å². The van der Waals surface area contributed by atoms with Crippen LogP contribution in [-0.2, 0) is 54.9 Å². The van der Waals surface area contributed by atoms with E-state index in [-0.39, 0.29) is 79.7 Å². The second kappa shape index (κ2) is 31.1. The van der Waals surface area contributed by atoms with Crippen LogP contribution in [0.5, 0.6) is 5.75 Å². The molecular formula is C75H100F3N15O8S. The summed E-state index contributed by atoms with van der Waals surface area (Å²) in [7, 11) is 0. The minimum absolute atomic E-state index is 0.000870. The minimum atomic E-state index is -2.00. The predicted octanol–water partition coefficient (Wildman–Crippen LogP) is 7.00. The molecule has 102 heavy (non-hydrogen) atoms. The zero-order chi connectivity index (χ0) is 72.1. The number of aliphatic hydroxyl groups excluding tert-OH is 1. The van der Waals surface area contributed by atoms with Gasteiger partial charge in [-0.2, -0.15) is 0 Å². The largest absolute Gasteiger partial charge is 0.483 e. The second-order valence-corrected chi connectivity index (χ2v) is 32.3. The molecule has 2 spiro atoms. The van der Waals surface area contributed by atoms with E-state index in [1.54, 1.807) is 31.2 Å². The fourth-order valence-corrected chi connectivity index (χ4v) is 16.2. The van der Waals surface area contributed by atoms with E-state index >= 15 is 8.78 Å². The summed E-state index contributed by atoms with van der Waals surface area (Å²) >= 11 is 1.47. The lowest BCUT2D eigenvalue weighted by Crippen LogP contribution is -2.66. The van der Waals surface area contributed by atoms with Crippen molar-refractivity contribution in [3.05, 3.63) is 112 Å². The summed E-state index contributed by atoms with van der Waals surface area (Å²) in [5.41, 5.74) is 3.45. The maximum atomic E-state index is 15.8. The van der Waals surface area contributed by atoms with Crippen LogP contribution in [0, 0.1) is 34.8 Å². The molecule has 12 rings (SSSR count). The number of aromatic nitrogens is 3. The molecule has 7 aliphatic rings. The Morgan fingerprint density at radius 1 is 0.765 bits per heavy atom. The number of thiazole rings is 1. The van der Waals surface area contributed by atoms with E-state index in [1.807, 2.05) is 49.4 Å². The molecule has 8 heterocycles. The van der Waals surface area contributed by atoms with E-state index in [0.29, 0.717) is 94.3 Å². The van der Waals surface area contributed by atoms with Crippen LogP contribution in [0.15, 0.2) is 72.5 Å². The highest BCUT2D eigenvalue weighted by atomic mass is 32.1. The Morgan fingerprint density at radius 3 is 2.21 bits per heavy atom. The molecule has 3 aromatic carbocycles. The second-order valence-electron chi connectivity index (χ2n) is 31.5. The Labute approximate surface area is 599 Å². The van der Waals surface area contributed by atoms with Crippen LogP contribution in [0.4, 0.5) is 30.5 Å². The van der Waals surface area contributed by atoms with E-state index in [1.165, 1.54) is 34.7 Å². The maximum absolute atomic E-state index is 15.8. The smallest absolute Gasteiger partial charge is 0.258 e. The molecule has 1 aliphatic carbocycles. The van der Waals surface area contributed by atoms with Crippen molar-refractivity contribution in [1.82, 2.24) is 61.1 Å². The monoisotopic (exact) mass is 1430 g/mol. The van der Waals surface area contributed by atoms with Gasteiger partial charge in [-0.05, 0) is 143 Å². The van der Waals surface area contributed by atoms with Crippen molar-refractivity contribution < 1.29 is 51.8 Å². The Bertz CT molecular complexity index is 3870. The number of carbonyl (C=O) groups is 6. The topological polar surface area (TPSA) is 262 Å². The fourth-order valence-electron chi connectivity index (χ4n) is 15.4. The van der Waals surface area contributed by atoms with Crippen molar-refractivity contribution in [2.75, 3.05) is 113 Å². The van der Waals surface area contributed by atoms with Gasteiger partial charge in [0.05, 0.1) is 40.0 Å². The van der Waals surface area contributed by atoms with E-state index in [4.69, 9.17) is 4.74 Å². The number of alkyl halides is 1. The highest BCUT2D eigenvalue weighted by Crippen LogP contribution is 2.42. The minimum Gasteiger partial charge on any atom is -0.483 e. The Hall–Kier alpha value is -7.98. The third kappa shape index (κ3) is 18.3. The summed E-state index contributed by atoms with van der Waals surface area (Å²) in [5.74, 6) is -1.64. The van der Waals surface area contributed by atoms with Gasteiger partial charge in [0.2, 0.25) is 23.6 Å². The summed E-state index contributed by atoms with van der Waals surface area (Å²) in [5, 5.41) is 29.0. The number of hydrogen-bond donors (Lipinski definition) is 7. The summed E-state index contributed by atoms with van der Waals surface area (Å²) in [6.07, 6.45) is 7.20. The molecule has 6 saturated heterocycles. The van der Waals surface area contributed by atoms with Crippen molar-refractivity contribution >= 4 is 64.1 Å². The van der Waals surface area contributed by atoms with Crippen LogP contribution in [-0.4, -0.2) is 203 Å². The molecule has 7 fully saturated rings. The van der Waals surface area contributed by atoms with Crippen molar-refractivity contribution in [3.63, 3.8) is 0 Å². The van der Waals surface area contributed by atoms with Crippen LogP contribution in [0.3, 0.4) is 0 Å². The Kier molecular flexibility index (Phi) is 22.5. The summed E-state index contributed by atoms with van der Waals surface area (Å²) in [6, 6.07) is 15.9. The number of halogens is 3. The molecule has 0 unspecified atom stereocenters. The van der Waals surface area contributed by atoms with E-state index < -0.39 is 64.2 Å². The van der Waals surface area contributed by atoms with E-state index in [9.17, 15) is 38.3 Å². The number of anilines is 3. The Balaban J connectivity index is 0.540. The maximum Gasteiger partial charge on any atom is 0.258 e. The Morgan fingerprint density at radius 2 is 1.49 bits per heavy atom. The number of aliphatic hydroxyl groups is 1. The lowest BCUT2D eigenvalue weighted by molar-refractivity contribution is -0.145. The van der Waals surface area contributed by atoms with Gasteiger partial charge in [0.1, 0.15) is 47.4 Å². The van der Waals surface area contributed by atoms with Gasteiger partial charge in [0.15, 0.2) is 12.3 Å². The quantitative estimate of drug-likeness (QED) is 0.0275. The zero-order valence-corrected chi connectivity index (χ0v) is 60.6. The van der Waals surface area contributed by atoms with Crippen LogP contribution in [0.1, 0.15) is 133 Å². The van der Waals surface area contributed by atoms with Crippen molar-refractivity contribution in [2.45, 2.75) is 168 Å². The number of aryl methyl sites for hydroxylation is 1. The fraction of sp³-hybridized carbons (Fsp3) is 0.587. The van der Waals surface area contributed by atoms with Gasteiger partial charge in [0, 0.05) is 115 Å². The summed E-state index contributed by atoms with van der Waals surface area (Å²) in [4.78, 5) is 107. The molecule has 4 atom stereocenters. The third-order valence-corrected chi connectivity index (χ3v) is 22.8. The first kappa shape index (κ1) is 73.8. The number of hydrogen-bond acceptors (Lipinski definition) is 18. The first-order valence-corrected chi connectivity index (χ1v) is 37.1. The molecule has 27 heteroatoms. The van der Waals surface area contributed by atoms with Crippen LogP contribution < -0.4 is 46.4 Å². The number of carbonyl (C=O) groups excluding carboxylic acids is 6. The molecule has 6 aliphatic heterocycles. The van der Waals surface area contributed by atoms with Crippen LogP contribution in [0.25, 0.3) is 10.4 Å². The number of amides is 6. The molecular weight excluding hydrogens is 1330 g/mol. The van der Waals surface area contributed by atoms with Gasteiger partial charge in [-0.25, -0.2) is 28.1 Å². The molecule has 2 aromatic heterocycles. The molecule has 550 valence electrons. The third-order valence-electron chi connectivity index (χ3n) is 21.8.